The van der Waals surface area contributed by atoms with Crippen LogP contribution in [0.15, 0.2) is 93.5 Å². The number of hydrogen-bond donors (Lipinski definition) is 1. The highest BCUT2D eigenvalue weighted by molar-refractivity contribution is 7.97. The third-order valence-electron chi connectivity index (χ3n) is 6.63. The van der Waals surface area contributed by atoms with Crippen LogP contribution < -0.4 is 14.6 Å². The number of carbonyl (C=O) groups is 1. The predicted molar refractivity (Wildman–Crippen MR) is 167 cm³/mol. The van der Waals surface area contributed by atoms with Crippen LogP contribution in [0.1, 0.15) is 90.9 Å². The number of unbranched alkanes of at least 4 members (excludes halogenated alkanes) is 10. The molecule has 3 aromatic carbocycles. The Morgan fingerprint density at radius 1 is 0.585 bits per heavy atom. The third kappa shape index (κ3) is 14.9. The van der Waals surface area contributed by atoms with E-state index in [9.17, 15) is 0 Å². The van der Waals surface area contributed by atoms with Crippen molar-refractivity contribution in [2.24, 2.45) is 0 Å². The first-order valence-corrected chi connectivity index (χ1v) is 16.4. The van der Waals surface area contributed by atoms with E-state index in [4.69, 9.17) is 24.5 Å². The zero-order valence-electron chi connectivity index (χ0n) is 24.9. The summed E-state index contributed by atoms with van der Waals surface area (Å²) in [5.41, 5.74) is 0. The van der Waals surface area contributed by atoms with Gasteiger partial charge in [-0.05, 0) is 73.5 Å². The van der Waals surface area contributed by atoms with Crippen molar-refractivity contribution in [2.45, 2.75) is 106 Å². The first-order valence-electron chi connectivity index (χ1n) is 15.2. The molecule has 3 aromatic rings. The van der Waals surface area contributed by atoms with E-state index in [1.165, 1.54) is 78.9 Å². The normalized spacial score (nSPS) is 10.6. The second kappa shape index (κ2) is 21.6. The maximum Gasteiger partial charge on any atom is 0.249 e. The molecule has 1 N–H and O–H groups in total. The molecule has 224 valence electrons. The topological polar surface area (TPSA) is 78.8 Å². The fourth-order valence-corrected chi connectivity index (χ4v) is 6.52. The van der Waals surface area contributed by atoms with E-state index < -0.39 is 6.16 Å². The van der Waals surface area contributed by atoms with Crippen LogP contribution in [0, 0.1) is 0 Å². The smallest absolute Gasteiger partial charge is 0.249 e. The van der Waals surface area contributed by atoms with E-state index in [-0.39, 0.29) is 10.9 Å². The molecule has 0 unspecified atom stereocenters. The molecular weight excluding hydrogens is 532 g/mol. The van der Waals surface area contributed by atoms with Gasteiger partial charge in [0.05, 0.1) is 24.1 Å². The molecule has 0 radical (unpaired) electrons. The Balaban J connectivity index is 0.00000138. The molecule has 41 heavy (non-hydrogen) atoms. The lowest BCUT2D eigenvalue weighted by Gasteiger charge is -2.11. The highest BCUT2D eigenvalue weighted by atomic mass is 32.2. The summed E-state index contributed by atoms with van der Waals surface area (Å²) in [6.45, 7) is 6.13. The molecule has 6 heteroatoms. The number of carboxylic acid groups (broad SMARTS) is 2. The minimum atomic E-state index is -2.08. The van der Waals surface area contributed by atoms with E-state index in [2.05, 4.69) is 92.7 Å². The molecule has 0 saturated heterocycles. The Kier molecular flexibility index (Phi) is 18.0. The Bertz CT molecular complexity index is 989. The Morgan fingerprint density at radius 3 is 1.32 bits per heavy atom. The summed E-state index contributed by atoms with van der Waals surface area (Å²) >= 11 is 0. The summed E-state index contributed by atoms with van der Waals surface area (Å²) in [6, 6.07) is 28.3. The molecular formula is C35H48O5S. The Labute approximate surface area is 250 Å². The highest BCUT2D eigenvalue weighted by Gasteiger charge is 2.28. The van der Waals surface area contributed by atoms with Crippen molar-refractivity contribution in [1.29, 1.82) is 0 Å². The number of rotatable bonds is 19. The molecule has 0 aliphatic heterocycles. The average molecular weight is 581 g/mol. The highest BCUT2D eigenvalue weighted by Crippen LogP contribution is 2.33. The van der Waals surface area contributed by atoms with Crippen molar-refractivity contribution in [2.75, 3.05) is 13.2 Å². The fourth-order valence-electron chi connectivity index (χ4n) is 4.45. The standard InChI is InChI=1S/C34H47O2S.CH2O3/c1-3-5-7-9-11-16-28-35-30-20-24-33(25-21-30)37(32-18-14-13-15-19-32)34-26-22-31(23-27-34)36-29-17-12-10-8-6-4-2;2-1(3)4/h13-15,18-27H,3-12,16-17,28-29H2,1-2H3;(H2,2,3,4)/q+1;/p-1. The largest absolute Gasteiger partial charge is 0.565 e. The van der Waals surface area contributed by atoms with Gasteiger partial charge in [0.15, 0.2) is 14.7 Å². The Morgan fingerprint density at radius 2 is 0.927 bits per heavy atom. The molecule has 0 amide bonds. The van der Waals surface area contributed by atoms with Gasteiger partial charge in [-0.25, -0.2) is 0 Å². The molecule has 0 aliphatic rings. The molecule has 0 fully saturated rings. The van der Waals surface area contributed by atoms with Gasteiger partial charge in [0.25, 0.3) is 0 Å². The van der Waals surface area contributed by atoms with Crippen molar-refractivity contribution in [3.63, 3.8) is 0 Å². The van der Waals surface area contributed by atoms with Gasteiger partial charge in [0.2, 0.25) is 6.16 Å². The van der Waals surface area contributed by atoms with Gasteiger partial charge in [0.1, 0.15) is 11.5 Å². The van der Waals surface area contributed by atoms with Crippen LogP contribution in [-0.4, -0.2) is 24.5 Å². The molecule has 0 heterocycles. The average Bonchev–Trinajstić information content (AvgIpc) is 2.98. The molecule has 0 saturated carbocycles. The lowest BCUT2D eigenvalue weighted by molar-refractivity contribution is -0.275. The van der Waals surface area contributed by atoms with E-state index in [0.29, 0.717) is 0 Å². The van der Waals surface area contributed by atoms with E-state index in [0.717, 1.165) is 37.6 Å². The molecule has 0 bridgehead atoms. The quantitative estimate of drug-likeness (QED) is 0.113. The summed E-state index contributed by atoms with van der Waals surface area (Å²) in [5.74, 6) is 1.93. The second-order valence-electron chi connectivity index (χ2n) is 10.1. The van der Waals surface area contributed by atoms with E-state index in [1.54, 1.807) is 0 Å². The second-order valence-corrected chi connectivity index (χ2v) is 12.1. The number of hydrogen-bond acceptors (Lipinski definition) is 4. The van der Waals surface area contributed by atoms with Gasteiger partial charge < -0.3 is 24.5 Å². The maximum atomic E-state index is 8.44. The molecule has 5 nitrogen and oxygen atoms in total. The van der Waals surface area contributed by atoms with Crippen molar-refractivity contribution in [3.8, 4) is 11.5 Å². The third-order valence-corrected chi connectivity index (χ3v) is 8.86. The molecule has 3 rings (SSSR count). The van der Waals surface area contributed by atoms with Crippen LogP contribution in [-0.2, 0) is 10.9 Å². The fraction of sp³-hybridized carbons (Fsp3) is 0.457. The van der Waals surface area contributed by atoms with Crippen LogP contribution in [0.3, 0.4) is 0 Å². The van der Waals surface area contributed by atoms with Crippen LogP contribution in [0.2, 0.25) is 0 Å². The van der Waals surface area contributed by atoms with Gasteiger partial charge >= 0.3 is 0 Å². The summed E-state index contributed by atoms with van der Waals surface area (Å²) < 4.78 is 12.1. The summed E-state index contributed by atoms with van der Waals surface area (Å²) in [6.07, 6.45) is 13.3. The van der Waals surface area contributed by atoms with Gasteiger partial charge in [-0.1, -0.05) is 96.3 Å². The summed E-state index contributed by atoms with van der Waals surface area (Å²) in [5, 5.41) is 15.3. The van der Waals surface area contributed by atoms with Crippen molar-refractivity contribution < 1.29 is 24.5 Å². The van der Waals surface area contributed by atoms with Gasteiger partial charge in [0, 0.05) is 0 Å². The van der Waals surface area contributed by atoms with Crippen LogP contribution in [0.25, 0.3) is 0 Å². The van der Waals surface area contributed by atoms with Gasteiger partial charge in [-0.15, -0.1) is 0 Å². The predicted octanol–water partition coefficient (Wildman–Crippen LogP) is 9.15. The summed E-state index contributed by atoms with van der Waals surface area (Å²) in [7, 11) is -0.167. The summed E-state index contributed by atoms with van der Waals surface area (Å²) in [4.78, 5) is 12.4. The number of benzene rings is 3. The van der Waals surface area contributed by atoms with E-state index in [1.807, 2.05) is 0 Å². The SMILES string of the molecule is CCCCCCCCOc1ccc([S+](c2ccccc2)c2ccc(OCCCCCCCC)cc2)cc1.O=C([O-])O. The van der Waals surface area contributed by atoms with Crippen molar-refractivity contribution >= 4 is 17.1 Å². The molecule has 0 spiro atoms. The molecule has 0 aliphatic carbocycles. The lowest BCUT2D eigenvalue weighted by Crippen LogP contribution is -2.17. The molecule has 0 aromatic heterocycles. The Hall–Kier alpha value is -3.12. The first-order chi connectivity index (χ1) is 20.0. The zero-order valence-corrected chi connectivity index (χ0v) is 25.7. The number of ether oxygens (including phenoxy) is 2. The monoisotopic (exact) mass is 580 g/mol. The van der Waals surface area contributed by atoms with Crippen LogP contribution in [0.5, 0.6) is 11.5 Å². The van der Waals surface area contributed by atoms with Crippen LogP contribution in [0.4, 0.5) is 4.79 Å². The lowest BCUT2D eigenvalue weighted by atomic mass is 10.1. The van der Waals surface area contributed by atoms with E-state index >= 15 is 0 Å². The zero-order chi connectivity index (χ0) is 29.5. The minimum Gasteiger partial charge on any atom is -0.565 e. The van der Waals surface area contributed by atoms with Crippen molar-refractivity contribution in [1.82, 2.24) is 0 Å². The maximum absolute atomic E-state index is 8.44. The minimum absolute atomic E-state index is 0.167. The van der Waals surface area contributed by atoms with Crippen LogP contribution >= 0.6 is 0 Å². The molecule has 0 atom stereocenters. The van der Waals surface area contributed by atoms with Gasteiger partial charge in [-0.3, -0.25) is 0 Å². The van der Waals surface area contributed by atoms with Crippen molar-refractivity contribution in [3.05, 3.63) is 78.9 Å². The van der Waals surface area contributed by atoms with Gasteiger partial charge in [-0.2, -0.15) is 0 Å². The first kappa shape index (κ1) is 34.1.